The monoisotopic (exact) mass is 268 g/mol. The molecule has 0 N–H and O–H groups in total. The van der Waals surface area contributed by atoms with E-state index in [-0.39, 0.29) is 5.91 Å². The molecular formula is C15H28N2O2. The number of ether oxygens (including phenoxy) is 1. The number of nitrogens with zero attached hydrogens (tertiary/aromatic N) is 2. The zero-order valence-electron chi connectivity index (χ0n) is 12.4. The summed E-state index contributed by atoms with van der Waals surface area (Å²) in [5.41, 5.74) is 0. The van der Waals surface area contributed by atoms with Gasteiger partial charge in [0.05, 0.1) is 12.7 Å². The Balaban J connectivity index is 1.60. The third-order valence-corrected chi connectivity index (χ3v) is 4.59. The van der Waals surface area contributed by atoms with E-state index in [1.807, 2.05) is 4.90 Å². The van der Waals surface area contributed by atoms with Crippen molar-refractivity contribution >= 4 is 5.91 Å². The van der Waals surface area contributed by atoms with Crippen molar-refractivity contribution in [2.24, 2.45) is 5.92 Å². The van der Waals surface area contributed by atoms with Gasteiger partial charge in [0.15, 0.2) is 0 Å². The Kier molecular flexibility index (Phi) is 5.64. The van der Waals surface area contributed by atoms with Crippen molar-refractivity contribution in [3.63, 3.8) is 0 Å². The predicted octanol–water partition coefficient (Wildman–Crippen LogP) is 1.75. The lowest BCUT2D eigenvalue weighted by molar-refractivity contribution is -0.130. The van der Waals surface area contributed by atoms with Crippen LogP contribution in [0.4, 0.5) is 0 Å². The van der Waals surface area contributed by atoms with Crippen LogP contribution >= 0.6 is 0 Å². The molecule has 1 amide bonds. The Bertz CT molecular complexity index is 288. The van der Waals surface area contributed by atoms with Gasteiger partial charge in [-0.2, -0.15) is 0 Å². The van der Waals surface area contributed by atoms with Crippen LogP contribution in [0.5, 0.6) is 0 Å². The number of hydrogen-bond donors (Lipinski definition) is 0. The fourth-order valence-electron chi connectivity index (χ4n) is 3.15. The van der Waals surface area contributed by atoms with Gasteiger partial charge in [-0.05, 0) is 18.8 Å². The highest BCUT2D eigenvalue weighted by Gasteiger charge is 2.22. The number of carbonyl (C=O) groups is 1. The van der Waals surface area contributed by atoms with E-state index in [0.717, 1.165) is 45.2 Å². The molecule has 1 aliphatic carbocycles. The van der Waals surface area contributed by atoms with Crippen molar-refractivity contribution in [3.05, 3.63) is 0 Å². The lowest BCUT2D eigenvalue weighted by Crippen LogP contribution is -2.49. The van der Waals surface area contributed by atoms with E-state index in [4.69, 9.17) is 4.74 Å². The molecule has 0 radical (unpaired) electrons. The standard InChI is InChI=1S/C15H28N2O2/c1-13-5-3-4-6-15(13)19-12-11-16-7-9-17(10-8-16)14(2)18/h13,15H,3-12H2,1-2H3/t13-,15+/m1/s1. The van der Waals surface area contributed by atoms with Gasteiger partial charge in [-0.1, -0.05) is 19.8 Å². The van der Waals surface area contributed by atoms with Gasteiger partial charge in [0.2, 0.25) is 5.91 Å². The molecule has 0 spiro atoms. The molecule has 2 atom stereocenters. The first-order valence-corrected chi connectivity index (χ1v) is 7.76. The lowest BCUT2D eigenvalue weighted by atomic mass is 9.88. The van der Waals surface area contributed by atoms with E-state index in [2.05, 4.69) is 11.8 Å². The molecule has 0 aromatic heterocycles. The molecule has 2 fully saturated rings. The van der Waals surface area contributed by atoms with Crippen molar-refractivity contribution < 1.29 is 9.53 Å². The Morgan fingerprint density at radius 3 is 2.47 bits per heavy atom. The van der Waals surface area contributed by atoms with Crippen LogP contribution in [-0.4, -0.2) is 61.1 Å². The highest BCUT2D eigenvalue weighted by Crippen LogP contribution is 2.26. The van der Waals surface area contributed by atoms with Gasteiger partial charge in [-0.15, -0.1) is 0 Å². The Labute approximate surface area is 117 Å². The molecule has 0 aromatic carbocycles. The second-order valence-electron chi connectivity index (χ2n) is 6.02. The SMILES string of the molecule is CC(=O)N1CCN(CCO[C@H]2CCCC[C@H]2C)CC1. The normalized spacial score (nSPS) is 29.5. The molecule has 1 heterocycles. The zero-order valence-corrected chi connectivity index (χ0v) is 12.4. The highest BCUT2D eigenvalue weighted by atomic mass is 16.5. The van der Waals surface area contributed by atoms with Crippen LogP contribution in [0, 0.1) is 5.92 Å². The Morgan fingerprint density at radius 1 is 1.16 bits per heavy atom. The second kappa shape index (κ2) is 7.25. The molecule has 0 aromatic rings. The maximum Gasteiger partial charge on any atom is 0.219 e. The maximum absolute atomic E-state index is 11.2. The van der Waals surface area contributed by atoms with Crippen molar-refractivity contribution in [1.29, 1.82) is 0 Å². The molecule has 2 rings (SSSR count). The summed E-state index contributed by atoms with van der Waals surface area (Å²) >= 11 is 0. The third kappa shape index (κ3) is 4.46. The van der Waals surface area contributed by atoms with Gasteiger partial charge in [-0.3, -0.25) is 9.69 Å². The minimum absolute atomic E-state index is 0.201. The van der Waals surface area contributed by atoms with Gasteiger partial charge in [-0.25, -0.2) is 0 Å². The summed E-state index contributed by atoms with van der Waals surface area (Å²) in [5.74, 6) is 0.926. The molecule has 1 saturated carbocycles. The van der Waals surface area contributed by atoms with E-state index in [0.29, 0.717) is 6.10 Å². The minimum Gasteiger partial charge on any atom is -0.377 e. The van der Waals surface area contributed by atoms with Crippen LogP contribution in [0.25, 0.3) is 0 Å². The fourth-order valence-corrected chi connectivity index (χ4v) is 3.15. The maximum atomic E-state index is 11.2. The summed E-state index contributed by atoms with van der Waals surface area (Å²) in [6.07, 6.45) is 5.73. The zero-order chi connectivity index (χ0) is 13.7. The van der Waals surface area contributed by atoms with E-state index in [1.165, 1.54) is 25.7 Å². The van der Waals surface area contributed by atoms with Crippen LogP contribution < -0.4 is 0 Å². The van der Waals surface area contributed by atoms with Crippen molar-refractivity contribution in [1.82, 2.24) is 9.80 Å². The minimum atomic E-state index is 0.201. The van der Waals surface area contributed by atoms with Crippen LogP contribution in [0.15, 0.2) is 0 Å². The first kappa shape index (κ1) is 14.8. The van der Waals surface area contributed by atoms with Gasteiger partial charge >= 0.3 is 0 Å². The summed E-state index contributed by atoms with van der Waals surface area (Å²) < 4.78 is 6.05. The molecule has 2 aliphatic rings. The topological polar surface area (TPSA) is 32.8 Å². The van der Waals surface area contributed by atoms with Crippen LogP contribution in [0.1, 0.15) is 39.5 Å². The smallest absolute Gasteiger partial charge is 0.219 e. The first-order valence-electron chi connectivity index (χ1n) is 7.76. The van der Waals surface area contributed by atoms with Crippen LogP contribution in [0.2, 0.25) is 0 Å². The van der Waals surface area contributed by atoms with E-state index < -0.39 is 0 Å². The average molecular weight is 268 g/mol. The molecule has 0 bridgehead atoms. The van der Waals surface area contributed by atoms with E-state index in [1.54, 1.807) is 6.92 Å². The molecule has 4 heteroatoms. The lowest BCUT2D eigenvalue weighted by Gasteiger charge is -2.35. The van der Waals surface area contributed by atoms with Gasteiger partial charge < -0.3 is 9.64 Å². The molecule has 110 valence electrons. The average Bonchev–Trinajstić information content (AvgIpc) is 2.41. The molecule has 1 saturated heterocycles. The van der Waals surface area contributed by atoms with E-state index >= 15 is 0 Å². The number of carbonyl (C=O) groups excluding carboxylic acids is 1. The summed E-state index contributed by atoms with van der Waals surface area (Å²) in [6, 6.07) is 0. The Morgan fingerprint density at radius 2 is 1.84 bits per heavy atom. The van der Waals surface area contributed by atoms with Gasteiger partial charge in [0.25, 0.3) is 0 Å². The van der Waals surface area contributed by atoms with Crippen LogP contribution in [0.3, 0.4) is 0 Å². The number of rotatable bonds is 4. The van der Waals surface area contributed by atoms with Crippen molar-refractivity contribution in [3.8, 4) is 0 Å². The molecule has 19 heavy (non-hydrogen) atoms. The number of piperazine rings is 1. The summed E-state index contributed by atoms with van der Waals surface area (Å²) in [6.45, 7) is 9.54. The molecule has 1 aliphatic heterocycles. The number of amides is 1. The summed E-state index contributed by atoms with van der Waals surface area (Å²) in [7, 11) is 0. The molecule has 4 nitrogen and oxygen atoms in total. The largest absolute Gasteiger partial charge is 0.377 e. The highest BCUT2D eigenvalue weighted by molar-refractivity contribution is 5.73. The fraction of sp³-hybridized carbons (Fsp3) is 0.933. The first-order chi connectivity index (χ1) is 9.16. The Hall–Kier alpha value is -0.610. The molecular weight excluding hydrogens is 240 g/mol. The molecule has 0 unspecified atom stereocenters. The quantitative estimate of drug-likeness (QED) is 0.778. The van der Waals surface area contributed by atoms with Crippen LogP contribution in [-0.2, 0) is 9.53 Å². The summed E-state index contributed by atoms with van der Waals surface area (Å²) in [5, 5.41) is 0. The van der Waals surface area contributed by atoms with E-state index in [9.17, 15) is 4.79 Å². The number of hydrogen-bond acceptors (Lipinski definition) is 3. The van der Waals surface area contributed by atoms with Crippen molar-refractivity contribution in [2.45, 2.75) is 45.6 Å². The van der Waals surface area contributed by atoms with Gasteiger partial charge in [0, 0.05) is 39.6 Å². The van der Waals surface area contributed by atoms with Crippen molar-refractivity contribution in [2.75, 3.05) is 39.3 Å². The van der Waals surface area contributed by atoms with Gasteiger partial charge in [0.1, 0.15) is 0 Å². The third-order valence-electron chi connectivity index (χ3n) is 4.59. The predicted molar refractivity (Wildman–Crippen MR) is 76.1 cm³/mol. The summed E-state index contributed by atoms with van der Waals surface area (Å²) in [4.78, 5) is 15.6. The second-order valence-corrected chi connectivity index (χ2v) is 6.02.